The highest BCUT2D eigenvalue weighted by Crippen LogP contribution is 2.20. The maximum absolute atomic E-state index is 9.05. The van der Waals surface area contributed by atoms with Crippen LogP contribution in [0.5, 0.6) is 0 Å². The maximum Gasteiger partial charge on any atom is 0.0641 e. The fraction of sp³-hybridized carbons (Fsp3) is 0.385. The second kappa shape index (κ2) is 5.14. The lowest BCUT2D eigenvalue weighted by atomic mass is 10.1. The number of aliphatic hydroxyl groups excluding tert-OH is 1. The third-order valence-corrected chi connectivity index (χ3v) is 2.79. The van der Waals surface area contributed by atoms with E-state index in [1.165, 1.54) is 16.5 Å². The van der Waals surface area contributed by atoms with Crippen LogP contribution in [0.25, 0.3) is 10.9 Å². The van der Waals surface area contributed by atoms with E-state index in [9.17, 15) is 0 Å². The first kappa shape index (κ1) is 11.2. The van der Waals surface area contributed by atoms with Crippen LogP contribution in [0, 0.1) is 0 Å². The number of para-hydroxylation sites is 1. The van der Waals surface area contributed by atoms with Crippen LogP contribution in [0.1, 0.15) is 5.56 Å². The predicted octanol–water partition coefficient (Wildman–Crippen LogP) is 1.82. The van der Waals surface area contributed by atoms with Crippen LogP contribution in [0.2, 0.25) is 0 Å². The SMILES string of the molecule is COCCn1ccc2cccc(CCO)c21. The minimum atomic E-state index is 0.189. The van der Waals surface area contributed by atoms with E-state index < -0.39 is 0 Å². The largest absolute Gasteiger partial charge is 0.396 e. The standard InChI is InChI=1S/C13H17NO2/c1-16-10-8-14-7-5-11-3-2-4-12(6-9-15)13(11)14/h2-5,7,15H,6,8-10H2,1H3. The lowest BCUT2D eigenvalue weighted by Gasteiger charge is -2.08. The van der Waals surface area contributed by atoms with Crippen molar-refractivity contribution in [1.29, 1.82) is 0 Å². The summed E-state index contributed by atoms with van der Waals surface area (Å²) in [6.07, 6.45) is 2.78. The summed E-state index contributed by atoms with van der Waals surface area (Å²) in [5, 5.41) is 10.3. The first-order valence-electron chi connectivity index (χ1n) is 5.53. The van der Waals surface area contributed by atoms with E-state index in [1.807, 2.05) is 6.07 Å². The van der Waals surface area contributed by atoms with Gasteiger partial charge < -0.3 is 14.4 Å². The number of aromatic nitrogens is 1. The summed E-state index contributed by atoms with van der Waals surface area (Å²) in [6.45, 7) is 1.74. The Bertz CT molecular complexity index is 462. The maximum atomic E-state index is 9.05. The van der Waals surface area contributed by atoms with Gasteiger partial charge in [-0.05, 0) is 23.4 Å². The quantitative estimate of drug-likeness (QED) is 0.832. The van der Waals surface area contributed by atoms with E-state index in [0.717, 1.165) is 6.54 Å². The Morgan fingerprint density at radius 3 is 2.94 bits per heavy atom. The van der Waals surface area contributed by atoms with E-state index in [1.54, 1.807) is 7.11 Å². The molecule has 0 saturated carbocycles. The van der Waals surface area contributed by atoms with Crippen molar-refractivity contribution in [2.75, 3.05) is 20.3 Å². The highest BCUT2D eigenvalue weighted by atomic mass is 16.5. The van der Waals surface area contributed by atoms with Gasteiger partial charge in [0.05, 0.1) is 12.1 Å². The molecule has 1 aromatic heterocycles. The Kier molecular flexibility index (Phi) is 3.59. The number of ether oxygens (including phenoxy) is 1. The number of hydrogen-bond acceptors (Lipinski definition) is 2. The molecule has 3 nitrogen and oxygen atoms in total. The molecule has 0 aliphatic rings. The zero-order valence-corrected chi connectivity index (χ0v) is 9.52. The van der Waals surface area contributed by atoms with Gasteiger partial charge in [-0.3, -0.25) is 0 Å². The molecule has 0 aliphatic carbocycles. The van der Waals surface area contributed by atoms with Gasteiger partial charge in [0.25, 0.3) is 0 Å². The Morgan fingerprint density at radius 2 is 2.19 bits per heavy atom. The molecule has 0 amide bonds. The van der Waals surface area contributed by atoms with Crippen molar-refractivity contribution in [2.45, 2.75) is 13.0 Å². The van der Waals surface area contributed by atoms with Crippen molar-refractivity contribution < 1.29 is 9.84 Å². The lowest BCUT2D eigenvalue weighted by molar-refractivity contribution is 0.188. The van der Waals surface area contributed by atoms with Crippen LogP contribution >= 0.6 is 0 Å². The zero-order valence-electron chi connectivity index (χ0n) is 9.52. The van der Waals surface area contributed by atoms with Crippen LogP contribution in [0.4, 0.5) is 0 Å². The number of rotatable bonds is 5. The second-order valence-corrected chi connectivity index (χ2v) is 3.83. The summed E-state index contributed by atoms with van der Waals surface area (Å²) < 4.78 is 7.28. The second-order valence-electron chi connectivity index (χ2n) is 3.83. The molecule has 0 aliphatic heterocycles. The summed E-state index contributed by atoms with van der Waals surface area (Å²) >= 11 is 0. The molecule has 1 N–H and O–H groups in total. The Morgan fingerprint density at radius 1 is 1.31 bits per heavy atom. The summed E-state index contributed by atoms with van der Waals surface area (Å²) in [4.78, 5) is 0. The molecule has 0 fully saturated rings. The molecule has 0 spiro atoms. The molecule has 0 bridgehead atoms. The molecular weight excluding hydrogens is 202 g/mol. The molecule has 3 heteroatoms. The average Bonchev–Trinajstić information content (AvgIpc) is 2.71. The van der Waals surface area contributed by atoms with Crippen molar-refractivity contribution in [3.63, 3.8) is 0 Å². The van der Waals surface area contributed by atoms with Gasteiger partial charge in [0, 0.05) is 26.5 Å². The predicted molar refractivity (Wildman–Crippen MR) is 64.6 cm³/mol. The number of aliphatic hydroxyl groups is 1. The van der Waals surface area contributed by atoms with Gasteiger partial charge in [-0.2, -0.15) is 0 Å². The van der Waals surface area contributed by atoms with Crippen LogP contribution in [0.3, 0.4) is 0 Å². The van der Waals surface area contributed by atoms with Crippen molar-refractivity contribution in [1.82, 2.24) is 4.57 Å². The van der Waals surface area contributed by atoms with Gasteiger partial charge in [0.1, 0.15) is 0 Å². The van der Waals surface area contributed by atoms with Crippen LogP contribution in [-0.4, -0.2) is 30.0 Å². The monoisotopic (exact) mass is 219 g/mol. The summed E-state index contributed by atoms with van der Waals surface area (Å²) in [6, 6.07) is 8.31. The summed E-state index contributed by atoms with van der Waals surface area (Å²) in [5.41, 5.74) is 2.41. The van der Waals surface area contributed by atoms with Crippen molar-refractivity contribution in [3.8, 4) is 0 Å². The molecule has 0 atom stereocenters. The molecule has 16 heavy (non-hydrogen) atoms. The number of hydrogen-bond donors (Lipinski definition) is 1. The molecule has 1 aromatic carbocycles. The molecule has 0 radical (unpaired) electrons. The van der Waals surface area contributed by atoms with Crippen LogP contribution in [-0.2, 0) is 17.7 Å². The minimum Gasteiger partial charge on any atom is -0.396 e. The van der Waals surface area contributed by atoms with Gasteiger partial charge in [-0.1, -0.05) is 18.2 Å². The molecule has 1 heterocycles. The fourth-order valence-electron chi connectivity index (χ4n) is 2.04. The van der Waals surface area contributed by atoms with Gasteiger partial charge in [0.2, 0.25) is 0 Å². The van der Waals surface area contributed by atoms with E-state index in [0.29, 0.717) is 13.0 Å². The first-order valence-corrected chi connectivity index (χ1v) is 5.53. The number of fused-ring (bicyclic) bond motifs is 1. The van der Waals surface area contributed by atoms with E-state index in [4.69, 9.17) is 9.84 Å². The van der Waals surface area contributed by atoms with E-state index in [2.05, 4.69) is 29.0 Å². The first-order chi connectivity index (χ1) is 7.86. The van der Waals surface area contributed by atoms with Gasteiger partial charge in [-0.25, -0.2) is 0 Å². The Hall–Kier alpha value is -1.32. The number of benzene rings is 1. The van der Waals surface area contributed by atoms with E-state index >= 15 is 0 Å². The van der Waals surface area contributed by atoms with Crippen LogP contribution in [0.15, 0.2) is 30.5 Å². The minimum absolute atomic E-state index is 0.189. The molecule has 2 aromatic rings. The Balaban J connectivity index is 2.41. The zero-order chi connectivity index (χ0) is 11.4. The highest BCUT2D eigenvalue weighted by molar-refractivity contribution is 5.83. The van der Waals surface area contributed by atoms with Gasteiger partial charge in [-0.15, -0.1) is 0 Å². The molecule has 0 unspecified atom stereocenters. The van der Waals surface area contributed by atoms with Gasteiger partial charge >= 0.3 is 0 Å². The topological polar surface area (TPSA) is 34.4 Å². The molecule has 0 saturated heterocycles. The lowest BCUT2D eigenvalue weighted by Crippen LogP contribution is -2.04. The van der Waals surface area contributed by atoms with Crippen LogP contribution < -0.4 is 0 Å². The third-order valence-electron chi connectivity index (χ3n) is 2.79. The number of nitrogens with zero attached hydrogens (tertiary/aromatic N) is 1. The third kappa shape index (κ3) is 2.10. The number of methoxy groups -OCH3 is 1. The normalized spacial score (nSPS) is 11.1. The molecular formula is C13H17NO2. The van der Waals surface area contributed by atoms with Crippen molar-refractivity contribution in [2.24, 2.45) is 0 Å². The summed E-state index contributed by atoms with van der Waals surface area (Å²) in [7, 11) is 1.71. The summed E-state index contributed by atoms with van der Waals surface area (Å²) in [5.74, 6) is 0. The molecule has 2 rings (SSSR count). The smallest absolute Gasteiger partial charge is 0.0641 e. The highest BCUT2D eigenvalue weighted by Gasteiger charge is 2.05. The fourth-order valence-corrected chi connectivity index (χ4v) is 2.04. The average molecular weight is 219 g/mol. The Labute approximate surface area is 95.3 Å². The molecule has 86 valence electrons. The van der Waals surface area contributed by atoms with Crippen molar-refractivity contribution >= 4 is 10.9 Å². The van der Waals surface area contributed by atoms with Crippen molar-refractivity contribution in [3.05, 3.63) is 36.0 Å². The van der Waals surface area contributed by atoms with Gasteiger partial charge in [0.15, 0.2) is 0 Å². The van der Waals surface area contributed by atoms with E-state index in [-0.39, 0.29) is 6.61 Å².